The molecule has 0 aliphatic carbocycles. The van der Waals surface area contributed by atoms with E-state index in [1.807, 2.05) is 13.1 Å². The first-order valence-corrected chi connectivity index (χ1v) is 11.3. The molecule has 180 valence electrons. The van der Waals surface area contributed by atoms with Crippen molar-refractivity contribution in [2.24, 2.45) is 4.99 Å². The van der Waals surface area contributed by atoms with E-state index in [1.165, 1.54) is 12.3 Å². The van der Waals surface area contributed by atoms with E-state index in [2.05, 4.69) is 29.7 Å². The number of rotatable bonds is 4. The van der Waals surface area contributed by atoms with Crippen molar-refractivity contribution in [2.75, 3.05) is 38.1 Å². The SMILES string of the molecule is CN1CCN(c2cc3[nH]c(=O)[nH]c3cc2N=Cc2c(O)n(-c3cccc(Cl)c3)c(=O)[nH]c2=O)CC1. The fourth-order valence-corrected chi connectivity index (χ4v) is 4.29. The van der Waals surface area contributed by atoms with E-state index in [0.717, 1.165) is 36.4 Å². The van der Waals surface area contributed by atoms with Crippen LogP contribution < -0.4 is 21.8 Å². The lowest BCUT2D eigenvalue weighted by atomic mass is 10.2. The minimum Gasteiger partial charge on any atom is -0.493 e. The molecular weight excluding hydrogens is 474 g/mol. The number of likely N-dealkylation sites (N-methyl/N-ethyl adjacent to an activating group) is 1. The molecule has 12 heteroatoms. The fraction of sp³-hybridized carbons (Fsp3) is 0.217. The molecule has 1 saturated heterocycles. The largest absolute Gasteiger partial charge is 0.493 e. The highest BCUT2D eigenvalue weighted by atomic mass is 35.5. The van der Waals surface area contributed by atoms with Crippen LogP contribution in [-0.2, 0) is 0 Å². The van der Waals surface area contributed by atoms with Crippen LogP contribution in [-0.4, -0.2) is 69.0 Å². The van der Waals surface area contributed by atoms with Crippen molar-refractivity contribution in [3.8, 4) is 11.6 Å². The summed E-state index contributed by atoms with van der Waals surface area (Å²) in [7, 11) is 2.05. The van der Waals surface area contributed by atoms with Gasteiger partial charge in [0.2, 0.25) is 5.88 Å². The fourth-order valence-electron chi connectivity index (χ4n) is 4.11. The number of aliphatic imine (C=N–C) groups is 1. The molecule has 4 aromatic rings. The lowest BCUT2D eigenvalue weighted by Gasteiger charge is -2.34. The third-order valence-electron chi connectivity index (χ3n) is 5.98. The maximum atomic E-state index is 12.6. The van der Waals surface area contributed by atoms with E-state index in [4.69, 9.17) is 11.6 Å². The van der Waals surface area contributed by atoms with E-state index in [-0.39, 0.29) is 16.9 Å². The van der Waals surface area contributed by atoms with Gasteiger partial charge in [-0.05, 0) is 37.4 Å². The van der Waals surface area contributed by atoms with Crippen molar-refractivity contribution in [3.05, 3.63) is 78.3 Å². The van der Waals surface area contributed by atoms with Crippen LogP contribution in [0.3, 0.4) is 0 Å². The number of benzene rings is 2. The summed E-state index contributed by atoms with van der Waals surface area (Å²) in [6.45, 7) is 3.22. The molecule has 0 unspecified atom stereocenters. The number of aromatic nitrogens is 4. The summed E-state index contributed by atoms with van der Waals surface area (Å²) in [6, 6.07) is 9.86. The minimum absolute atomic E-state index is 0.198. The zero-order chi connectivity index (χ0) is 24.7. The van der Waals surface area contributed by atoms with Gasteiger partial charge in [-0.2, -0.15) is 0 Å². The van der Waals surface area contributed by atoms with Gasteiger partial charge in [0, 0.05) is 37.4 Å². The third kappa shape index (κ3) is 4.38. The Morgan fingerprint density at radius 2 is 1.71 bits per heavy atom. The van der Waals surface area contributed by atoms with Crippen molar-refractivity contribution in [3.63, 3.8) is 0 Å². The molecule has 4 N–H and O–H groups in total. The lowest BCUT2D eigenvalue weighted by Crippen LogP contribution is -2.44. The summed E-state index contributed by atoms with van der Waals surface area (Å²) < 4.78 is 0.947. The van der Waals surface area contributed by atoms with E-state index in [1.54, 1.807) is 24.3 Å². The summed E-state index contributed by atoms with van der Waals surface area (Å²) in [5.74, 6) is -0.568. The van der Waals surface area contributed by atoms with Crippen molar-refractivity contribution >= 4 is 40.2 Å². The molecular formula is C23H22ClN7O4. The number of nitrogens with zero attached hydrogens (tertiary/aromatic N) is 4. The molecule has 3 heterocycles. The molecule has 0 saturated carbocycles. The predicted molar refractivity (Wildman–Crippen MR) is 135 cm³/mol. The number of aromatic amines is 3. The van der Waals surface area contributed by atoms with Crippen LogP contribution in [0.1, 0.15) is 5.56 Å². The van der Waals surface area contributed by atoms with Gasteiger partial charge >= 0.3 is 11.4 Å². The van der Waals surface area contributed by atoms with Gasteiger partial charge < -0.3 is 24.9 Å². The quantitative estimate of drug-likeness (QED) is 0.316. The molecule has 5 rings (SSSR count). The zero-order valence-corrected chi connectivity index (χ0v) is 19.5. The standard InChI is InChI=1S/C23H22ClN7O4/c1-29-5-7-30(8-6-29)19-11-17-16(26-22(34)27-17)10-18(19)25-12-15-20(32)28-23(35)31(21(15)33)14-4-2-3-13(24)9-14/h2-4,9-12,33H,5-8H2,1H3,(H2,26,27,34)(H,28,32,35). The number of hydrogen-bond donors (Lipinski definition) is 4. The van der Waals surface area contributed by atoms with Gasteiger partial charge in [0.05, 0.1) is 28.1 Å². The highest BCUT2D eigenvalue weighted by molar-refractivity contribution is 6.30. The second kappa shape index (κ2) is 8.93. The van der Waals surface area contributed by atoms with Gasteiger partial charge in [0.25, 0.3) is 5.56 Å². The van der Waals surface area contributed by atoms with Gasteiger partial charge in [-0.1, -0.05) is 17.7 Å². The van der Waals surface area contributed by atoms with Gasteiger partial charge in [-0.25, -0.2) is 14.2 Å². The molecule has 1 fully saturated rings. The first-order chi connectivity index (χ1) is 16.8. The predicted octanol–water partition coefficient (Wildman–Crippen LogP) is 1.56. The molecule has 2 aromatic heterocycles. The number of piperazine rings is 1. The highest BCUT2D eigenvalue weighted by Crippen LogP contribution is 2.33. The normalized spacial score (nSPS) is 14.9. The molecule has 11 nitrogen and oxygen atoms in total. The topological polar surface area (TPSA) is 143 Å². The van der Waals surface area contributed by atoms with Crippen LogP contribution >= 0.6 is 11.6 Å². The van der Waals surface area contributed by atoms with Gasteiger partial charge in [0.15, 0.2) is 0 Å². The van der Waals surface area contributed by atoms with Crippen LogP contribution in [0.15, 0.2) is 55.8 Å². The number of hydrogen-bond acceptors (Lipinski definition) is 7. The summed E-state index contributed by atoms with van der Waals surface area (Å²) in [5, 5.41) is 11.2. The summed E-state index contributed by atoms with van der Waals surface area (Å²) >= 11 is 6.03. The Kier molecular flexibility index (Phi) is 5.79. The van der Waals surface area contributed by atoms with Gasteiger partial charge in [-0.3, -0.25) is 14.8 Å². The smallest absolute Gasteiger partial charge is 0.335 e. The number of anilines is 1. The number of nitrogens with one attached hydrogen (secondary N) is 3. The molecule has 0 bridgehead atoms. The summed E-state index contributed by atoms with van der Waals surface area (Å²) in [5.41, 5.74) is 0.621. The first kappa shape index (κ1) is 22.7. The van der Waals surface area contributed by atoms with Crippen LogP contribution in [0.25, 0.3) is 16.7 Å². The maximum Gasteiger partial charge on any atom is 0.335 e. The molecule has 35 heavy (non-hydrogen) atoms. The Bertz CT molecular complexity index is 1620. The van der Waals surface area contributed by atoms with Crippen LogP contribution in [0.2, 0.25) is 5.02 Å². The number of imidazole rings is 1. The van der Waals surface area contributed by atoms with Gasteiger partial charge in [-0.15, -0.1) is 0 Å². The summed E-state index contributed by atoms with van der Waals surface area (Å²) in [6.07, 6.45) is 1.21. The van der Waals surface area contributed by atoms with E-state index < -0.39 is 17.1 Å². The van der Waals surface area contributed by atoms with Crippen molar-refractivity contribution in [2.45, 2.75) is 0 Å². The Morgan fingerprint density at radius 1 is 1.00 bits per heavy atom. The Hall–Kier alpha value is -4.09. The summed E-state index contributed by atoms with van der Waals surface area (Å²) in [4.78, 5) is 53.4. The van der Waals surface area contributed by atoms with Crippen LogP contribution in [0.5, 0.6) is 5.88 Å². The van der Waals surface area contributed by atoms with Crippen molar-refractivity contribution in [1.82, 2.24) is 24.4 Å². The molecule has 1 aliphatic rings. The molecule has 1 aliphatic heterocycles. The van der Waals surface area contributed by atoms with Crippen LogP contribution in [0, 0.1) is 0 Å². The van der Waals surface area contributed by atoms with E-state index >= 15 is 0 Å². The van der Waals surface area contributed by atoms with Crippen molar-refractivity contribution in [1.29, 1.82) is 0 Å². The average molecular weight is 496 g/mol. The Balaban J connectivity index is 1.62. The minimum atomic E-state index is -0.809. The Labute approximate surface area is 202 Å². The maximum absolute atomic E-state index is 12.6. The second-order valence-corrected chi connectivity index (χ2v) is 8.76. The monoisotopic (exact) mass is 495 g/mol. The molecule has 0 atom stereocenters. The second-order valence-electron chi connectivity index (χ2n) is 8.33. The molecule has 0 amide bonds. The van der Waals surface area contributed by atoms with E-state index in [9.17, 15) is 19.5 Å². The van der Waals surface area contributed by atoms with Gasteiger partial charge in [0.1, 0.15) is 5.56 Å². The average Bonchev–Trinajstić information content (AvgIpc) is 3.17. The lowest BCUT2D eigenvalue weighted by molar-refractivity contribution is 0.313. The molecule has 0 radical (unpaired) electrons. The van der Waals surface area contributed by atoms with Crippen LogP contribution in [0.4, 0.5) is 11.4 Å². The van der Waals surface area contributed by atoms with E-state index in [0.29, 0.717) is 21.7 Å². The number of aromatic hydroxyl groups is 1. The Morgan fingerprint density at radius 3 is 2.43 bits per heavy atom. The molecule has 2 aromatic carbocycles. The van der Waals surface area contributed by atoms with Crippen molar-refractivity contribution < 1.29 is 5.11 Å². The highest BCUT2D eigenvalue weighted by Gasteiger charge is 2.19. The number of halogens is 1. The third-order valence-corrected chi connectivity index (χ3v) is 6.21. The first-order valence-electron chi connectivity index (χ1n) is 10.9. The number of H-pyrrole nitrogens is 3. The molecule has 0 spiro atoms. The number of fused-ring (bicyclic) bond motifs is 1. The zero-order valence-electron chi connectivity index (χ0n) is 18.7.